The number of nitro benzene ring substituents is 1. The van der Waals surface area contributed by atoms with E-state index in [1.807, 2.05) is 24.3 Å². The number of thiocarbonyl (C=S) groups is 1. The SMILES string of the molecule is O=C1C(=Cc2cc([N+](=O)[O-])ccc2O)SC(=S)N1/N=C/c1c(O)ccc2ccccc12. The van der Waals surface area contributed by atoms with Gasteiger partial charge in [0.25, 0.3) is 11.6 Å². The topological polar surface area (TPSA) is 116 Å². The Morgan fingerprint density at radius 1 is 1.10 bits per heavy atom. The first kappa shape index (κ1) is 20.5. The fourth-order valence-electron chi connectivity index (χ4n) is 3.01. The van der Waals surface area contributed by atoms with Gasteiger partial charge in [0.1, 0.15) is 11.5 Å². The number of rotatable bonds is 4. The number of phenolic OH excluding ortho intramolecular Hbond substituents is 2. The second-order valence-corrected chi connectivity index (χ2v) is 8.13. The summed E-state index contributed by atoms with van der Waals surface area (Å²) in [6.45, 7) is 0. The van der Waals surface area contributed by atoms with E-state index in [0.717, 1.165) is 27.5 Å². The van der Waals surface area contributed by atoms with Crippen molar-refractivity contribution in [3.8, 4) is 11.5 Å². The molecule has 1 aliphatic heterocycles. The molecule has 1 saturated heterocycles. The Balaban J connectivity index is 1.66. The minimum absolute atomic E-state index is 0.00458. The maximum absolute atomic E-state index is 12.8. The summed E-state index contributed by atoms with van der Waals surface area (Å²) in [5.74, 6) is -0.748. The first-order valence-corrected chi connectivity index (χ1v) is 10.1. The molecule has 0 saturated carbocycles. The Morgan fingerprint density at radius 2 is 1.84 bits per heavy atom. The van der Waals surface area contributed by atoms with Crippen LogP contribution in [0.1, 0.15) is 11.1 Å². The van der Waals surface area contributed by atoms with Crippen LogP contribution in [0.3, 0.4) is 0 Å². The molecule has 31 heavy (non-hydrogen) atoms. The molecule has 154 valence electrons. The molecular weight excluding hydrogens is 438 g/mol. The third-order valence-corrected chi connectivity index (χ3v) is 5.81. The lowest BCUT2D eigenvalue weighted by atomic mass is 10.0. The van der Waals surface area contributed by atoms with Gasteiger partial charge in [-0.1, -0.05) is 42.1 Å². The van der Waals surface area contributed by atoms with E-state index in [1.54, 1.807) is 12.1 Å². The van der Waals surface area contributed by atoms with E-state index >= 15 is 0 Å². The van der Waals surface area contributed by atoms with Gasteiger partial charge in [0.2, 0.25) is 0 Å². The van der Waals surface area contributed by atoms with Gasteiger partial charge in [0.15, 0.2) is 4.32 Å². The van der Waals surface area contributed by atoms with Crippen molar-refractivity contribution in [2.75, 3.05) is 0 Å². The molecule has 1 aliphatic rings. The van der Waals surface area contributed by atoms with Crippen LogP contribution in [-0.4, -0.2) is 36.6 Å². The summed E-state index contributed by atoms with van der Waals surface area (Å²) < 4.78 is 0.150. The van der Waals surface area contributed by atoms with Gasteiger partial charge in [0.05, 0.1) is 16.0 Å². The first-order valence-electron chi connectivity index (χ1n) is 8.85. The summed E-state index contributed by atoms with van der Waals surface area (Å²) in [6.07, 6.45) is 2.68. The van der Waals surface area contributed by atoms with Gasteiger partial charge in [-0.3, -0.25) is 14.9 Å². The van der Waals surface area contributed by atoms with Crippen molar-refractivity contribution in [1.29, 1.82) is 0 Å². The Bertz CT molecular complexity index is 1320. The molecule has 1 heterocycles. The zero-order valence-corrected chi connectivity index (χ0v) is 17.3. The molecule has 0 bridgehead atoms. The van der Waals surface area contributed by atoms with Crippen LogP contribution in [0.2, 0.25) is 0 Å². The molecule has 0 aromatic heterocycles. The first-order chi connectivity index (χ1) is 14.8. The number of thioether (sulfide) groups is 1. The maximum atomic E-state index is 12.8. The molecule has 3 aromatic carbocycles. The van der Waals surface area contributed by atoms with Crippen LogP contribution in [0.25, 0.3) is 16.8 Å². The van der Waals surface area contributed by atoms with Crippen LogP contribution in [-0.2, 0) is 4.79 Å². The number of amides is 1. The van der Waals surface area contributed by atoms with Crippen molar-refractivity contribution >= 4 is 63.0 Å². The smallest absolute Gasteiger partial charge is 0.286 e. The van der Waals surface area contributed by atoms with Crippen molar-refractivity contribution in [3.63, 3.8) is 0 Å². The van der Waals surface area contributed by atoms with Crippen molar-refractivity contribution in [3.05, 3.63) is 80.7 Å². The lowest BCUT2D eigenvalue weighted by Gasteiger charge is -2.08. The van der Waals surface area contributed by atoms with Gasteiger partial charge < -0.3 is 10.2 Å². The largest absolute Gasteiger partial charge is 0.507 e. The molecule has 0 atom stereocenters. The lowest BCUT2D eigenvalue weighted by Crippen LogP contribution is -2.22. The van der Waals surface area contributed by atoms with Gasteiger partial charge in [-0.05, 0) is 41.2 Å². The third-order valence-electron chi connectivity index (χ3n) is 4.53. The average molecular weight is 451 g/mol. The molecule has 2 N–H and O–H groups in total. The van der Waals surface area contributed by atoms with E-state index in [0.29, 0.717) is 5.56 Å². The summed E-state index contributed by atoms with van der Waals surface area (Å²) >= 11 is 6.19. The second kappa shape index (κ2) is 8.17. The fraction of sp³-hybridized carbons (Fsp3) is 0. The minimum atomic E-state index is -0.594. The molecule has 10 heteroatoms. The van der Waals surface area contributed by atoms with Gasteiger partial charge in [-0.15, -0.1) is 0 Å². The maximum Gasteiger partial charge on any atom is 0.286 e. The number of hydrogen-bond acceptors (Lipinski definition) is 8. The quantitative estimate of drug-likeness (QED) is 0.199. The van der Waals surface area contributed by atoms with Gasteiger partial charge in [0, 0.05) is 23.3 Å². The van der Waals surface area contributed by atoms with Crippen molar-refractivity contribution in [1.82, 2.24) is 5.01 Å². The summed E-state index contributed by atoms with van der Waals surface area (Å²) in [7, 11) is 0. The van der Waals surface area contributed by atoms with E-state index in [1.165, 1.54) is 30.5 Å². The van der Waals surface area contributed by atoms with Crippen LogP contribution in [0, 0.1) is 10.1 Å². The highest BCUT2D eigenvalue weighted by Crippen LogP contribution is 2.35. The number of carbonyl (C=O) groups excluding carboxylic acids is 1. The highest BCUT2D eigenvalue weighted by atomic mass is 32.2. The molecule has 0 spiro atoms. The van der Waals surface area contributed by atoms with Crippen LogP contribution < -0.4 is 0 Å². The Morgan fingerprint density at radius 3 is 2.61 bits per heavy atom. The number of nitro groups is 1. The van der Waals surface area contributed by atoms with Gasteiger partial charge >= 0.3 is 0 Å². The Kier molecular flexibility index (Phi) is 5.40. The predicted octanol–water partition coefficient (Wildman–Crippen LogP) is 4.39. The molecule has 0 aliphatic carbocycles. The number of phenols is 2. The number of carbonyl (C=O) groups is 1. The van der Waals surface area contributed by atoms with E-state index in [-0.39, 0.29) is 32.0 Å². The van der Waals surface area contributed by atoms with Crippen LogP contribution >= 0.6 is 24.0 Å². The van der Waals surface area contributed by atoms with Gasteiger partial charge in [-0.25, -0.2) is 0 Å². The standard InChI is InChI=1S/C21H13N3O5S2/c25-17-8-6-14(24(28)29)9-13(17)10-19-20(27)23(21(30)31-19)22-11-16-15-4-2-1-3-12(15)5-7-18(16)26/h1-11,25-26H/b19-10?,22-11+. The highest BCUT2D eigenvalue weighted by molar-refractivity contribution is 8.26. The third kappa shape index (κ3) is 3.98. The minimum Gasteiger partial charge on any atom is -0.507 e. The molecule has 4 rings (SSSR count). The number of fused-ring (bicyclic) bond motifs is 1. The molecule has 0 radical (unpaired) electrons. The fourth-order valence-corrected chi connectivity index (χ4v) is 4.17. The summed E-state index contributed by atoms with van der Waals surface area (Å²) in [4.78, 5) is 23.3. The molecule has 1 fully saturated rings. The van der Waals surface area contributed by atoms with Crippen LogP contribution in [0.5, 0.6) is 11.5 Å². The Labute approximate surface area is 185 Å². The van der Waals surface area contributed by atoms with Crippen LogP contribution in [0.4, 0.5) is 5.69 Å². The number of non-ortho nitro benzene ring substituents is 1. The summed E-state index contributed by atoms with van der Waals surface area (Å²) in [6, 6.07) is 14.2. The number of benzene rings is 3. The monoisotopic (exact) mass is 451 g/mol. The second-order valence-electron chi connectivity index (χ2n) is 6.46. The van der Waals surface area contributed by atoms with Crippen molar-refractivity contribution < 1.29 is 19.9 Å². The van der Waals surface area contributed by atoms with Crippen molar-refractivity contribution in [2.45, 2.75) is 0 Å². The zero-order chi connectivity index (χ0) is 22.1. The van der Waals surface area contributed by atoms with E-state index in [4.69, 9.17) is 12.2 Å². The number of aromatic hydroxyl groups is 2. The molecule has 8 nitrogen and oxygen atoms in total. The molecule has 3 aromatic rings. The molecular formula is C21H13N3O5S2. The van der Waals surface area contributed by atoms with Gasteiger partial charge in [-0.2, -0.15) is 10.1 Å². The number of hydrogen-bond donors (Lipinski definition) is 2. The molecule has 1 amide bonds. The average Bonchev–Trinajstić information content (AvgIpc) is 3.01. The molecule has 0 unspecified atom stereocenters. The van der Waals surface area contributed by atoms with E-state index in [2.05, 4.69) is 5.10 Å². The van der Waals surface area contributed by atoms with E-state index in [9.17, 15) is 25.1 Å². The van der Waals surface area contributed by atoms with Crippen molar-refractivity contribution in [2.24, 2.45) is 5.10 Å². The zero-order valence-electron chi connectivity index (χ0n) is 15.6. The van der Waals surface area contributed by atoms with Crippen LogP contribution in [0.15, 0.2) is 64.6 Å². The summed E-state index contributed by atoms with van der Waals surface area (Å²) in [5, 5.41) is 38.0. The Hall–Kier alpha value is -3.76. The number of hydrazone groups is 1. The summed E-state index contributed by atoms with van der Waals surface area (Å²) in [5.41, 5.74) is 0.335. The highest BCUT2D eigenvalue weighted by Gasteiger charge is 2.32. The lowest BCUT2D eigenvalue weighted by molar-refractivity contribution is -0.384. The normalized spacial score (nSPS) is 15.5. The van der Waals surface area contributed by atoms with E-state index < -0.39 is 10.8 Å². The predicted molar refractivity (Wildman–Crippen MR) is 123 cm³/mol. The number of nitrogens with zero attached hydrogens (tertiary/aromatic N) is 3.